The maximum Gasteiger partial charge on any atom is 0.248 e. The second-order valence-electron chi connectivity index (χ2n) is 6.65. The highest BCUT2D eigenvalue weighted by Crippen LogP contribution is 2.40. The monoisotopic (exact) mass is 488 g/mol. The highest BCUT2D eigenvalue weighted by molar-refractivity contribution is 6.37. The number of ether oxygens (including phenoxy) is 3. The molecule has 0 saturated carbocycles. The van der Waals surface area contributed by atoms with Crippen molar-refractivity contribution in [3.8, 4) is 17.2 Å². The van der Waals surface area contributed by atoms with Gasteiger partial charge in [0.05, 0.1) is 37.7 Å². The second kappa shape index (κ2) is 10.8. The number of amides is 1. The van der Waals surface area contributed by atoms with Crippen LogP contribution in [0.15, 0.2) is 48.7 Å². The van der Waals surface area contributed by atoms with E-state index in [1.165, 1.54) is 39.5 Å². The smallest absolute Gasteiger partial charge is 0.248 e. The van der Waals surface area contributed by atoms with Crippen molar-refractivity contribution in [2.24, 2.45) is 0 Å². The molecule has 1 aromatic heterocycles. The average molecular weight is 489 g/mol. The van der Waals surface area contributed by atoms with Gasteiger partial charge < -0.3 is 30.6 Å². The first kappa shape index (κ1) is 24.0. The van der Waals surface area contributed by atoms with Gasteiger partial charge in [-0.15, -0.1) is 0 Å². The molecule has 0 aliphatic heterocycles. The van der Waals surface area contributed by atoms with E-state index in [1.54, 1.807) is 36.5 Å². The maximum atomic E-state index is 12.4. The number of rotatable bonds is 8. The number of nitrogens with two attached hydrogens (primary N) is 1. The number of hydrogen-bond donors (Lipinski definition) is 3. The van der Waals surface area contributed by atoms with Crippen molar-refractivity contribution in [2.75, 3.05) is 37.7 Å². The summed E-state index contributed by atoms with van der Waals surface area (Å²) in [5.41, 5.74) is 7.77. The van der Waals surface area contributed by atoms with E-state index in [0.717, 1.165) is 0 Å². The first-order chi connectivity index (χ1) is 15.9. The fraction of sp³-hybridized carbons (Fsp3) is 0.130. The van der Waals surface area contributed by atoms with Crippen molar-refractivity contribution >= 4 is 58.1 Å². The van der Waals surface area contributed by atoms with Gasteiger partial charge in [0.1, 0.15) is 5.82 Å². The summed E-state index contributed by atoms with van der Waals surface area (Å²) < 4.78 is 16.1. The number of halogens is 2. The predicted octanol–water partition coefficient (Wildman–Crippen LogP) is 5.39. The zero-order valence-electron chi connectivity index (χ0n) is 18.1. The van der Waals surface area contributed by atoms with E-state index in [-0.39, 0.29) is 16.4 Å². The number of nitrogens with one attached hydrogen (secondary N) is 2. The fourth-order valence-electron chi connectivity index (χ4n) is 3.00. The predicted molar refractivity (Wildman–Crippen MR) is 132 cm³/mol. The highest BCUT2D eigenvalue weighted by atomic mass is 35.5. The van der Waals surface area contributed by atoms with E-state index in [4.69, 9.17) is 43.1 Å². The first-order valence-electron chi connectivity index (χ1n) is 9.62. The van der Waals surface area contributed by atoms with Crippen LogP contribution in [0.5, 0.6) is 17.2 Å². The van der Waals surface area contributed by atoms with Crippen molar-refractivity contribution in [1.29, 1.82) is 0 Å². The molecule has 2 aromatic carbocycles. The number of pyridine rings is 1. The first-order valence-corrected chi connectivity index (χ1v) is 10.4. The number of carbonyl (C=O) groups is 1. The lowest BCUT2D eigenvalue weighted by molar-refractivity contribution is -0.111. The molecular weight excluding hydrogens is 467 g/mol. The summed E-state index contributed by atoms with van der Waals surface area (Å²) in [5.74, 6) is 1.55. The molecule has 0 radical (unpaired) electrons. The third kappa shape index (κ3) is 5.79. The Hall–Kier alpha value is -3.62. The van der Waals surface area contributed by atoms with Crippen LogP contribution in [0.4, 0.5) is 22.9 Å². The minimum absolute atomic E-state index is 0.243. The number of benzene rings is 2. The largest absolute Gasteiger partial charge is 0.493 e. The lowest BCUT2D eigenvalue weighted by Gasteiger charge is -2.15. The van der Waals surface area contributed by atoms with Crippen LogP contribution in [0.1, 0.15) is 5.56 Å². The molecule has 8 nitrogen and oxygen atoms in total. The fourth-order valence-corrected chi connectivity index (χ4v) is 3.56. The minimum atomic E-state index is -0.423. The molecule has 4 N–H and O–H groups in total. The number of anilines is 4. The van der Waals surface area contributed by atoms with Crippen LogP contribution in [-0.4, -0.2) is 32.2 Å². The topological polar surface area (TPSA) is 108 Å². The van der Waals surface area contributed by atoms with Gasteiger partial charge in [-0.2, -0.15) is 0 Å². The van der Waals surface area contributed by atoms with Crippen molar-refractivity contribution in [3.63, 3.8) is 0 Å². The van der Waals surface area contributed by atoms with Gasteiger partial charge in [-0.3, -0.25) is 4.79 Å². The molecule has 0 aliphatic carbocycles. The van der Waals surface area contributed by atoms with Crippen molar-refractivity contribution in [3.05, 3.63) is 64.3 Å². The van der Waals surface area contributed by atoms with Gasteiger partial charge in [0.2, 0.25) is 11.7 Å². The van der Waals surface area contributed by atoms with Gasteiger partial charge in [0.15, 0.2) is 11.5 Å². The SMILES string of the molecule is COc1cc(Nc2ncccc2/C=C/C(=O)Nc2c(N)cc(Cl)cc2Cl)cc(OC)c1OC. The lowest BCUT2D eigenvalue weighted by Crippen LogP contribution is -2.10. The zero-order chi connectivity index (χ0) is 24.0. The molecule has 0 bridgehead atoms. The molecule has 3 rings (SSSR count). The van der Waals surface area contributed by atoms with Gasteiger partial charge in [-0.05, 0) is 30.3 Å². The summed E-state index contributed by atoms with van der Waals surface area (Å²) in [5, 5.41) is 6.49. The van der Waals surface area contributed by atoms with Gasteiger partial charge in [-0.1, -0.05) is 23.2 Å². The van der Waals surface area contributed by atoms with E-state index in [0.29, 0.717) is 39.3 Å². The Labute approximate surface area is 201 Å². The molecule has 1 amide bonds. The number of hydrogen-bond acceptors (Lipinski definition) is 7. The molecule has 0 saturated heterocycles. The third-order valence-corrected chi connectivity index (χ3v) is 5.03. The van der Waals surface area contributed by atoms with Gasteiger partial charge >= 0.3 is 0 Å². The van der Waals surface area contributed by atoms with Crippen LogP contribution < -0.4 is 30.6 Å². The van der Waals surface area contributed by atoms with Gasteiger partial charge in [-0.25, -0.2) is 4.98 Å². The Morgan fingerprint density at radius 1 is 1.06 bits per heavy atom. The quantitative estimate of drug-likeness (QED) is 0.288. The Bertz CT molecular complexity index is 1150. The van der Waals surface area contributed by atoms with Crippen LogP contribution in [0.3, 0.4) is 0 Å². The van der Waals surface area contributed by atoms with Crippen LogP contribution in [-0.2, 0) is 4.79 Å². The van der Waals surface area contributed by atoms with Crippen molar-refractivity contribution in [1.82, 2.24) is 4.98 Å². The second-order valence-corrected chi connectivity index (χ2v) is 7.50. The summed E-state index contributed by atoms with van der Waals surface area (Å²) in [6.07, 6.45) is 4.59. The summed E-state index contributed by atoms with van der Waals surface area (Å²) >= 11 is 12.0. The summed E-state index contributed by atoms with van der Waals surface area (Å²) in [4.78, 5) is 16.8. The summed E-state index contributed by atoms with van der Waals surface area (Å²) in [6, 6.07) is 10.1. The van der Waals surface area contributed by atoms with Crippen molar-refractivity contribution in [2.45, 2.75) is 0 Å². The summed E-state index contributed by atoms with van der Waals surface area (Å²) in [6.45, 7) is 0. The molecule has 3 aromatic rings. The van der Waals surface area contributed by atoms with E-state index >= 15 is 0 Å². The molecule has 0 spiro atoms. The highest BCUT2D eigenvalue weighted by Gasteiger charge is 2.14. The molecule has 0 aliphatic rings. The number of carbonyl (C=O) groups excluding carboxylic acids is 1. The van der Waals surface area contributed by atoms with Crippen LogP contribution in [0.25, 0.3) is 6.08 Å². The van der Waals surface area contributed by atoms with Crippen LogP contribution in [0.2, 0.25) is 10.0 Å². The molecule has 0 fully saturated rings. The minimum Gasteiger partial charge on any atom is -0.493 e. The third-order valence-electron chi connectivity index (χ3n) is 4.51. The van der Waals surface area contributed by atoms with E-state index in [1.807, 2.05) is 0 Å². The summed E-state index contributed by atoms with van der Waals surface area (Å²) in [7, 11) is 4.60. The number of aromatic nitrogens is 1. The molecule has 172 valence electrons. The van der Waals surface area contributed by atoms with E-state index in [2.05, 4.69) is 15.6 Å². The van der Waals surface area contributed by atoms with E-state index < -0.39 is 5.91 Å². The van der Waals surface area contributed by atoms with Crippen LogP contribution in [0, 0.1) is 0 Å². The maximum absolute atomic E-state index is 12.4. The Balaban J connectivity index is 1.83. The number of methoxy groups -OCH3 is 3. The molecule has 0 atom stereocenters. The Morgan fingerprint density at radius 3 is 2.36 bits per heavy atom. The molecular formula is C23H22Cl2N4O4. The van der Waals surface area contributed by atoms with Gasteiger partial charge in [0, 0.05) is 40.7 Å². The number of nitrogen functional groups attached to an aromatic ring is 1. The molecule has 10 heteroatoms. The van der Waals surface area contributed by atoms with Crippen LogP contribution >= 0.6 is 23.2 Å². The van der Waals surface area contributed by atoms with Crippen molar-refractivity contribution < 1.29 is 19.0 Å². The van der Waals surface area contributed by atoms with E-state index in [9.17, 15) is 4.79 Å². The number of nitrogens with zero attached hydrogens (tertiary/aromatic N) is 1. The molecule has 0 unspecified atom stereocenters. The zero-order valence-corrected chi connectivity index (χ0v) is 19.6. The van der Waals surface area contributed by atoms with Gasteiger partial charge in [0.25, 0.3) is 0 Å². The Morgan fingerprint density at radius 2 is 1.76 bits per heavy atom. The molecule has 33 heavy (non-hydrogen) atoms. The Kier molecular flexibility index (Phi) is 7.87. The normalized spacial score (nSPS) is 10.7. The average Bonchev–Trinajstić information content (AvgIpc) is 2.80. The molecule has 1 heterocycles. The lowest BCUT2D eigenvalue weighted by atomic mass is 10.2. The standard InChI is InChI=1S/C23H22Cl2N4O4/c1-31-18-11-15(12-19(32-2)22(18)33-3)28-23-13(5-4-8-27-23)6-7-20(30)29-21-16(25)9-14(24)10-17(21)26/h4-12H,26H2,1-3H3,(H,27,28)(H,29,30)/b7-6+.